The van der Waals surface area contributed by atoms with E-state index in [0.717, 1.165) is 5.56 Å². The number of hydrogen-bond donors (Lipinski definition) is 1. The predicted molar refractivity (Wildman–Crippen MR) is 108 cm³/mol. The zero-order valence-electron chi connectivity index (χ0n) is 13.3. The Morgan fingerprint density at radius 2 is 1.73 bits per heavy atom. The van der Waals surface area contributed by atoms with Crippen molar-refractivity contribution in [2.24, 2.45) is 0 Å². The number of thiocarbonyl (C=S) groups is 1. The Hall–Kier alpha value is -2.47. The van der Waals surface area contributed by atoms with E-state index in [9.17, 15) is 9.59 Å². The Morgan fingerprint density at radius 1 is 1.00 bits per heavy atom. The average Bonchev–Trinajstić information content (AvgIpc) is 2.61. The van der Waals surface area contributed by atoms with Crippen LogP contribution in [0.15, 0.2) is 66.3 Å². The Morgan fingerprint density at radius 3 is 2.42 bits per heavy atom. The second-order valence-electron chi connectivity index (χ2n) is 5.35. The van der Waals surface area contributed by atoms with Crippen LogP contribution in [0.5, 0.6) is 0 Å². The standard InChI is InChI=1S/C19H12Cl2N2O2S/c20-15-10-9-13(11-16(15)21)23-18(25)14(17(24)22-19(23)26)8-4-7-12-5-2-1-3-6-12/h1-11H,(H,22,24,26). The number of anilines is 1. The smallest absolute Gasteiger partial charge is 0.270 e. The topological polar surface area (TPSA) is 49.4 Å². The summed E-state index contributed by atoms with van der Waals surface area (Å²) in [7, 11) is 0. The summed E-state index contributed by atoms with van der Waals surface area (Å²) in [6.07, 6.45) is 4.89. The first-order chi connectivity index (χ1) is 12.5. The minimum atomic E-state index is -0.547. The van der Waals surface area contributed by atoms with Gasteiger partial charge in [0.15, 0.2) is 5.11 Å². The molecular weight excluding hydrogens is 391 g/mol. The van der Waals surface area contributed by atoms with Crippen molar-refractivity contribution < 1.29 is 9.59 Å². The number of carbonyl (C=O) groups is 2. The number of benzene rings is 2. The van der Waals surface area contributed by atoms with E-state index in [0.29, 0.717) is 10.7 Å². The lowest BCUT2D eigenvalue weighted by Crippen LogP contribution is -2.54. The van der Waals surface area contributed by atoms with E-state index in [1.54, 1.807) is 24.3 Å². The van der Waals surface area contributed by atoms with Crippen LogP contribution in [-0.2, 0) is 9.59 Å². The minimum Gasteiger partial charge on any atom is -0.298 e. The van der Waals surface area contributed by atoms with Crippen molar-refractivity contribution in [3.8, 4) is 0 Å². The number of hydrogen-bond acceptors (Lipinski definition) is 3. The molecule has 1 saturated heterocycles. The Labute approximate surface area is 165 Å². The second kappa shape index (κ2) is 7.83. The van der Waals surface area contributed by atoms with Crippen molar-refractivity contribution in [3.05, 3.63) is 81.9 Å². The van der Waals surface area contributed by atoms with Gasteiger partial charge in [0.05, 0.1) is 15.7 Å². The maximum atomic E-state index is 12.8. The molecule has 1 aliphatic rings. The van der Waals surface area contributed by atoms with Gasteiger partial charge in [0.25, 0.3) is 11.8 Å². The molecule has 0 aliphatic carbocycles. The summed E-state index contributed by atoms with van der Waals surface area (Å²) < 4.78 is 0. The van der Waals surface area contributed by atoms with Crippen LogP contribution in [0.3, 0.4) is 0 Å². The van der Waals surface area contributed by atoms with Crippen LogP contribution in [0.2, 0.25) is 10.0 Å². The van der Waals surface area contributed by atoms with Crippen LogP contribution in [0.4, 0.5) is 5.69 Å². The molecule has 1 N–H and O–H groups in total. The lowest BCUT2D eigenvalue weighted by atomic mass is 10.1. The van der Waals surface area contributed by atoms with E-state index in [1.165, 1.54) is 17.0 Å². The Kier molecular flexibility index (Phi) is 5.52. The highest BCUT2D eigenvalue weighted by Crippen LogP contribution is 2.29. The van der Waals surface area contributed by atoms with Crippen molar-refractivity contribution >= 4 is 64.1 Å². The SMILES string of the molecule is O=C1NC(=S)N(c2ccc(Cl)c(Cl)c2)C(=O)C1=CC=Cc1ccccc1. The summed E-state index contributed by atoms with van der Waals surface area (Å²) >= 11 is 17.1. The number of rotatable bonds is 3. The van der Waals surface area contributed by atoms with Crippen LogP contribution in [0.1, 0.15) is 5.56 Å². The Balaban J connectivity index is 1.91. The lowest BCUT2D eigenvalue weighted by Gasteiger charge is -2.28. The van der Waals surface area contributed by atoms with E-state index in [2.05, 4.69) is 5.32 Å². The zero-order valence-corrected chi connectivity index (χ0v) is 15.6. The first-order valence-electron chi connectivity index (χ1n) is 7.55. The quantitative estimate of drug-likeness (QED) is 0.470. The first-order valence-corrected chi connectivity index (χ1v) is 8.72. The molecule has 2 amide bonds. The molecule has 1 fully saturated rings. The molecule has 0 saturated carbocycles. The highest BCUT2D eigenvalue weighted by molar-refractivity contribution is 7.80. The van der Waals surface area contributed by atoms with Crippen LogP contribution < -0.4 is 10.2 Å². The van der Waals surface area contributed by atoms with E-state index in [1.807, 2.05) is 30.3 Å². The zero-order chi connectivity index (χ0) is 18.7. The van der Waals surface area contributed by atoms with Crippen molar-refractivity contribution in [1.29, 1.82) is 0 Å². The van der Waals surface area contributed by atoms with Gasteiger partial charge in [0, 0.05) is 0 Å². The molecule has 2 aromatic rings. The van der Waals surface area contributed by atoms with Gasteiger partial charge in [-0.2, -0.15) is 0 Å². The summed E-state index contributed by atoms with van der Waals surface area (Å²) in [5.74, 6) is -1.08. The van der Waals surface area contributed by atoms with Crippen molar-refractivity contribution in [2.45, 2.75) is 0 Å². The molecule has 0 atom stereocenters. The van der Waals surface area contributed by atoms with E-state index in [4.69, 9.17) is 35.4 Å². The fourth-order valence-corrected chi connectivity index (χ4v) is 2.93. The third-order valence-corrected chi connectivity index (χ3v) is 4.64. The lowest BCUT2D eigenvalue weighted by molar-refractivity contribution is -0.122. The average molecular weight is 403 g/mol. The third-order valence-electron chi connectivity index (χ3n) is 3.61. The molecule has 4 nitrogen and oxygen atoms in total. The van der Waals surface area contributed by atoms with Gasteiger partial charge in [0.2, 0.25) is 0 Å². The van der Waals surface area contributed by atoms with Gasteiger partial charge >= 0.3 is 0 Å². The van der Waals surface area contributed by atoms with Gasteiger partial charge in [-0.05, 0) is 42.1 Å². The van der Waals surface area contributed by atoms with Crippen LogP contribution >= 0.6 is 35.4 Å². The summed E-state index contributed by atoms with van der Waals surface area (Å²) in [5.41, 5.74) is 1.34. The van der Waals surface area contributed by atoms with Gasteiger partial charge in [0.1, 0.15) is 5.57 Å². The molecule has 2 aromatic carbocycles. The van der Waals surface area contributed by atoms with Crippen LogP contribution in [0.25, 0.3) is 6.08 Å². The fraction of sp³-hybridized carbons (Fsp3) is 0. The van der Waals surface area contributed by atoms with Gasteiger partial charge in [-0.25, -0.2) is 0 Å². The van der Waals surface area contributed by atoms with Gasteiger partial charge in [-0.15, -0.1) is 0 Å². The van der Waals surface area contributed by atoms with E-state index < -0.39 is 11.8 Å². The molecule has 26 heavy (non-hydrogen) atoms. The Bertz CT molecular complexity index is 955. The molecule has 3 rings (SSSR count). The van der Waals surface area contributed by atoms with Crippen molar-refractivity contribution in [2.75, 3.05) is 4.90 Å². The molecule has 0 unspecified atom stereocenters. The molecule has 0 bridgehead atoms. The summed E-state index contributed by atoms with van der Waals surface area (Å²) in [6, 6.07) is 14.2. The molecule has 1 heterocycles. The van der Waals surface area contributed by atoms with Crippen molar-refractivity contribution in [1.82, 2.24) is 5.32 Å². The third kappa shape index (κ3) is 3.85. The molecular formula is C19H12Cl2N2O2S. The number of nitrogens with zero attached hydrogens (tertiary/aromatic N) is 1. The monoisotopic (exact) mass is 402 g/mol. The van der Waals surface area contributed by atoms with Crippen LogP contribution in [-0.4, -0.2) is 16.9 Å². The first kappa shape index (κ1) is 18.3. The van der Waals surface area contributed by atoms with Gasteiger partial charge in [-0.3, -0.25) is 19.8 Å². The summed E-state index contributed by atoms with van der Waals surface area (Å²) in [6.45, 7) is 0. The minimum absolute atomic E-state index is 0.0115. The number of nitrogens with one attached hydrogen (secondary N) is 1. The number of carbonyl (C=O) groups excluding carboxylic acids is 2. The largest absolute Gasteiger partial charge is 0.298 e. The summed E-state index contributed by atoms with van der Waals surface area (Å²) in [4.78, 5) is 26.2. The van der Waals surface area contributed by atoms with Gasteiger partial charge < -0.3 is 0 Å². The predicted octanol–water partition coefficient (Wildman–Crippen LogP) is 4.38. The van der Waals surface area contributed by atoms with Gasteiger partial charge in [-0.1, -0.05) is 65.7 Å². The fourth-order valence-electron chi connectivity index (χ4n) is 2.36. The maximum absolute atomic E-state index is 12.8. The molecule has 7 heteroatoms. The van der Waals surface area contributed by atoms with E-state index in [-0.39, 0.29) is 15.7 Å². The number of allylic oxidation sites excluding steroid dienone is 2. The highest BCUT2D eigenvalue weighted by Gasteiger charge is 2.34. The highest BCUT2D eigenvalue weighted by atomic mass is 35.5. The normalized spacial score (nSPS) is 16.5. The van der Waals surface area contributed by atoms with Crippen molar-refractivity contribution in [3.63, 3.8) is 0 Å². The molecule has 0 aromatic heterocycles. The second-order valence-corrected chi connectivity index (χ2v) is 6.55. The van der Waals surface area contributed by atoms with E-state index >= 15 is 0 Å². The number of amides is 2. The molecule has 130 valence electrons. The molecule has 1 aliphatic heterocycles. The molecule has 0 spiro atoms. The molecule has 0 radical (unpaired) electrons. The maximum Gasteiger partial charge on any atom is 0.270 e. The summed E-state index contributed by atoms with van der Waals surface area (Å²) in [5, 5.41) is 3.14. The van der Waals surface area contributed by atoms with Crippen LogP contribution in [0, 0.1) is 0 Å². The number of halogens is 2.